The minimum Gasteiger partial charge on any atom is -0.497 e. The van der Waals surface area contributed by atoms with Gasteiger partial charge in [-0.05, 0) is 49.1 Å². The molecule has 0 aliphatic carbocycles. The van der Waals surface area contributed by atoms with Gasteiger partial charge in [0.15, 0.2) is 0 Å². The van der Waals surface area contributed by atoms with Crippen molar-refractivity contribution in [1.82, 2.24) is 10.2 Å². The SMILES string of the molecule is CCCNC(=O)C(CC)N(Cc1ccc(Cl)cc1Cl)C(=O)CCCN(c1cccc(OC)c1)S(C)(=O)=O. The first-order valence-corrected chi connectivity index (χ1v) is 14.7. The van der Waals surface area contributed by atoms with E-state index < -0.39 is 16.1 Å². The van der Waals surface area contributed by atoms with Gasteiger partial charge in [0.25, 0.3) is 0 Å². The Hall–Kier alpha value is -2.49. The molecule has 0 aliphatic rings. The Bertz CT molecular complexity index is 1180. The van der Waals surface area contributed by atoms with Crippen molar-refractivity contribution in [1.29, 1.82) is 0 Å². The van der Waals surface area contributed by atoms with Gasteiger partial charge in [-0.3, -0.25) is 13.9 Å². The van der Waals surface area contributed by atoms with Crippen LogP contribution in [-0.2, 0) is 26.2 Å². The second-order valence-corrected chi connectivity index (χ2v) is 11.4. The van der Waals surface area contributed by atoms with Crippen molar-refractivity contribution in [3.8, 4) is 5.75 Å². The van der Waals surface area contributed by atoms with Crippen LogP contribution in [-0.4, -0.2) is 57.6 Å². The van der Waals surface area contributed by atoms with Crippen LogP contribution in [0.5, 0.6) is 5.75 Å². The Morgan fingerprint density at radius 3 is 2.43 bits per heavy atom. The van der Waals surface area contributed by atoms with E-state index in [0.717, 1.165) is 12.7 Å². The molecule has 1 atom stereocenters. The fourth-order valence-corrected chi connectivity index (χ4v) is 5.31. The van der Waals surface area contributed by atoms with E-state index in [0.29, 0.717) is 40.0 Å². The van der Waals surface area contributed by atoms with Crippen molar-refractivity contribution in [3.63, 3.8) is 0 Å². The van der Waals surface area contributed by atoms with Crippen LogP contribution in [0.1, 0.15) is 45.1 Å². The van der Waals surface area contributed by atoms with Crippen molar-refractivity contribution in [2.75, 3.05) is 30.8 Å². The molecular formula is C26H35Cl2N3O5S. The van der Waals surface area contributed by atoms with Crippen molar-refractivity contribution in [2.24, 2.45) is 0 Å². The first kappa shape index (κ1) is 30.7. The molecule has 37 heavy (non-hydrogen) atoms. The molecular weight excluding hydrogens is 537 g/mol. The lowest BCUT2D eigenvalue weighted by Crippen LogP contribution is -2.49. The third-order valence-corrected chi connectivity index (χ3v) is 7.57. The monoisotopic (exact) mass is 571 g/mol. The first-order chi connectivity index (χ1) is 17.5. The number of nitrogens with one attached hydrogen (secondary N) is 1. The summed E-state index contributed by atoms with van der Waals surface area (Å²) in [5.41, 5.74) is 1.11. The predicted molar refractivity (Wildman–Crippen MR) is 149 cm³/mol. The normalized spacial score (nSPS) is 12.1. The van der Waals surface area contributed by atoms with Crippen molar-refractivity contribution < 1.29 is 22.7 Å². The minimum absolute atomic E-state index is 0.0404. The van der Waals surface area contributed by atoms with Gasteiger partial charge >= 0.3 is 0 Å². The molecule has 0 spiro atoms. The number of carbonyl (C=O) groups excluding carboxylic acids is 2. The lowest BCUT2D eigenvalue weighted by Gasteiger charge is -2.31. The fourth-order valence-electron chi connectivity index (χ4n) is 3.89. The number of ether oxygens (including phenoxy) is 1. The molecule has 0 radical (unpaired) electrons. The van der Waals surface area contributed by atoms with E-state index in [9.17, 15) is 18.0 Å². The van der Waals surface area contributed by atoms with Crippen LogP contribution in [0.3, 0.4) is 0 Å². The van der Waals surface area contributed by atoms with E-state index >= 15 is 0 Å². The summed E-state index contributed by atoms with van der Waals surface area (Å²) in [6.45, 7) is 4.51. The van der Waals surface area contributed by atoms with Crippen LogP contribution in [0.4, 0.5) is 5.69 Å². The average Bonchev–Trinajstić information content (AvgIpc) is 2.85. The Labute approximate surface area is 229 Å². The van der Waals surface area contributed by atoms with Crippen molar-refractivity contribution in [3.05, 3.63) is 58.1 Å². The average molecular weight is 573 g/mol. The number of methoxy groups -OCH3 is 1. The molecule has 0 saturated heterocycles. The number of hydrogen-bond donors (Lipinski definition) is 1. The van der Waals surface area contributed by atoms with Gasteiger partial charge in [0, 0.05) is 42.2 Å². The topological polar surface area (TPSA) is 96.0 Å². The van der Waals surface area contributed by atoms with Crippen LogP contribution in [0.2, 0.25) is 10.0 Å². The zero-order chi connectivity index (χ0) is 27.6. The number of anilines is 1. The van der Waals surface area contributed by atoms with Gasteiger partial charge in [-0.1, -0.05) is 49.2 Å². The van der Waals surface area contributed by atoms with Gasteiger partial charge in [0.05, 0.1) is 19.1 Å². The molecule has 1 N–H and O–H groups in total. The fraction of sp³-hybridized carbons (Fsp3) is 0.462. The Morgan fingerprint density at radius 2 is 1.84 bits per heavy atom. The van der Waals surface area contributed by atoms with Crippen LogP contribution in [0.15, 0.2) is 42.5 Å². The second kappa shape index (κ2) is 14.4. The highest BCUT2D eigenvalue weighted by molar-refractivity contribution is 7.92. The van der Waals surface area contributed by atoms with Crippen molar-refractivity contribution in [2.45, 2.75) is 52.1 Å². The predicted octanol–water partition coefficient (Wildman–Crippen LogP) is 4.88. The van der Waals surface area contributed by atoms with Crippen LogP contribution < -0.4 is 14.4 Å². The molecule has 2 aromatic carbocycles. The summed E-state index contributed by atoms with van der Waals surface area (Å²) in [5.74, 6) is 0.0117. The quantitative estimate of drug-likeness (QED) is 0.348. The Balaban J connectivity index is 2.25. The molecule has 2 amide bonds. The summed E-state index contributed by atoms with van der Waals surface area (Å²) in [5, 5.41) is 3.74. The minimum atomic E-state index is -3.61. The summed E-state index contributed by atoms with van der Waals surface area (Å²) in [4.78, 5) is 27.9. The maximum Gasteiger partial charge on any atom is 0.242 e. The van der Waals surface area contributed by atoms with Gasteiger partial charge in [-0.2, -0.15) is 0 Å². The van der Waals surface area contributed by atoms with Gasteiger partial charge < -0.3 is 15.0 Å². The maximum atomic E-state index is 13.5. The van der Waals surface area contributed by atoms with Crippen LogP contribution >= 0.6 is 23.2 Å². The van der Waals surface area contributed by atoms with E-state index in [1.165, 1.54) is 16.3 Å². The molecule has 0 saturated carbocycles. The third-order valence-electron chi connectivity index (χ3n) is 5.78. The zero-order valence-electron chi connectivity index (χ0n) is 21.7. The second-order valence-electron chi connectivity index (χ2n) is 8.61. The Morgan fingerprint density at radius 1 is 1.11 bits per heavy atom. The number of carbonyl (C=O) groups is 2. The van der Waals surface area contributed by atoms with Crippen LogP contribution in [0.25, 0.3) is 0 Å². The highest BCUT2D eigenvalue weighted by atomic mass is 35.5. The smallest absolute Gasteiger partial charge is 0.242 e. The number of hydrogen-bond acceptors (Lipinski definition) is 5. The third kappa shape index (κ3) is 9.09. The summed E-state index contributed by atoms with van der Waals surface area (Å²) >= 11 is 12.4. The number of halogens is 2. The molecule has 2 rings (SSSR count). The number of nitrogens with zero attached hydrogens (tertiary/aromatic N) is 2. The molecule has 11 heteroatoms. The number of sulfonamides is 1. The number of rotatable bonds is 14. The molecule has 2 aromatic rings. The molecule has 0 bridgehead atoms. The summed E-state index contributed by atoms with van der Waals surface area (Å²) in [6.07, 6.45) is 2.59. The van der Waals surface area contributed by atoms with Crippen LogP contribution in [0, 0.1) is 0 Å². The van der Waals surface area contributed by atoms with Gasteiger partial charge in [0.1, 0.15) is 11.8 Å². The first-order valence-electron chi connectivity index (χ1n) is 12.1. The Kier molecular flexibility index (Phi) is 12.0. The standard InChI is InChI=1S/C26H35Cl2N3O5S/c1-5-14-29-26(33)24(6-2)30(18-19-12-13-20(27)16-23(19)28)25(32)11-8-15-31(37(4,34)35)21-9-7-10-22(17-21)36-3/h7,9-10,12-13,16-17,24H,5-6,8,11,14-15,18H2,1-4H3,(H,29,33). The number of benzene rings is 2. The largest absolute Gasteiger partial charge is 0.497 e. The lowest BCUT2D eigenvalue weighted by molar-refractivity contribution is -0.141. The molecule has 0 aliphatic heterocycles. The van der Waals surface area contributed by atoms with E-state index in [1.807, 2.05) is 13.8 Å². The lowest BCUT2D eigenvalue weighted by atomic mass is 10.1. The molecule has 0 heterocycles. The van der Waals surface area contributed by atoms with Gasteiger partial charge in [0.2, 0.25) is 21.8 Å². The molecule has 204 valence electrons. The molecule has 8 nitrogen and oxygen atoms in total. The number of amides is 2. The zero-order valence-corrected chi connectivity index (χ0v) is 24.0. The van der Waals surface area contributed by atoms with Gasteiger partial charge in [-0.25, -0.2) is 8.42 Å². The highest BCUT2D eigenvalue weighted by Crippen LogP contribution is 2.26. The summed E-state index contributed by atoms with van der Waals surface area (Å²) < 4.78 is 31.5. The van der Waals surface area contributed by atoms with E-state index in [4.69, 9.17) is 27.9 Å². The maximum absolute atomic E-state index is 13.5. The summed E-state index contributed by atoms with van der Waals surface area (Å²) in [6, 6.07) is 11.0. The molecule has 0 fully saturated rings. The molecule has 0 aromatic heterocycles. The van der Waals surface area contributed by atoms with E-state index in [-0.39, 0.29) is 37.7 Å². The van der Waals surface area contributed by atoms with Gasteiger partial charge in [-0.15, -0.1) is 0 Å². The van der Waals surface area contributed by atoms with E-state index in [2.05, 4.69) is 5.32 Å². The molecule has 1 unspecified atom stereocenters. The summed E-state index contributed by atoms with van der Waals surface area (Å²) in [7, 11) is -2.10. The highest BCUT2D eigenvalue weighted by Gasteiger charge is 2.29. The van der Waals surface area contributed by atoms with E-state index in [1.54, 1.807) is 42.5 Å². The van der Waals surface area contributed by atoms with Crippen molar-refractivity contribution >= 4 is 50.7 Å².